The highest BCUT2D eigenvalue weighted by molar-refractivity contribution is 7.46. The van der Waals surface area contributed by atoms with E-state index in [1.54, 1.807) is 0 Å². The number of phosphoric acid groups is 1. The van der Waals surface area contributed by atoms with Crippen molar-refractivity contribution in [2.24, 2.45) is 0 Å². The minimum Gasteiger partial charge on any atom is -0.303 e. The van der Waals surface area contributed by atoms with Crippen molar-refractivity contribution >= 4 is 7.82 Å². The van der Waals surface area contributed by atoms with Crippen LogP contribution in [-0.2, 0) is 9.09 Å². The van der Waals surface area contributed by atoms with Crippen LogP contribution in [0.1, 0.15) is 20.8 Å². The number of hydrogen-bond donors (Lipinski definition) is 2. The lowest BCUT2D eigenvalue weighted by Crippen LogP contribution is -2.38. The van der Waals surface area contributed by atoms with Crippen LogP contribution in [0.3, 0.4) is 0 Å². The summed E-state index contributed by atoms with van der Waals surface area (Å²) in [6.45, 7) is 2.24. The Labute approximate surface area is 115 Å². The molecule has 4 nitrogen and oxygen atoms in total. The van der Waals surface area contributed by atoms with Crippen LogP contribution in [0.4, 0.5) is 26.3 Å². The summed E-state index contributed by atoms with van der Waals surface area (Å²) in [5.74, 6) is 0. The minimum absolute atomic E-state index is 0.548. The summed E-state index contributed by atoms with van der Waals surface area (Å²) in [6, 6.07) is 0. The third-order valence-electron chi connectivity index (χ3n) is 3.25. The molecule has 2 N–H and O–H groups in total. The van der Waals surface area contributed by atoms with Crippen LogP contribution in [0, 0.1) is 0 Å². The lowest BCUT2D eigenvalue weighted by molar-refractivity contribution is -0.126. The monoisotopic (exact) mass is 340 g/mol. The maximum absolute atomic E-state index is 13.0. The summed E-state index contributed by atoms with van der Waals surface area (Å²) in [6.07, 6.45) is -10.8. The van der Waals surface area contributed by atoms with Gasteiger partial charge in [0.05, 0.1) is 11.1 Å². The number of halogens is 6. The van der Waals surface area contributed by atoms with Gasteiger partial charge in [-0.3, -0.25) is 4.52 Å². The zero-order chi connectivity index (χ0) is 17.0. The molecule has 1 rings (SSSR count). The van der Waals surface area contributed by atoms with Gasteiger partial charge in [0.25, 0.3) is 0 Å². The molecule has 0 spiro atoms. The highest BCUT2D eigenvalue weighted by Crippen LogP contribution is 2.58. The predicted molar refractivity (Wildman–Crippen MR) is 59.0 cm³/mol. The zero-order valence-corrected chi connectivity index (χ0v) is 11.8. The molecule has 0 heterocycles. The van der Waals surface area contributed by atoms with Gasteiger partial charge in [-0.15, -0.1) is 0 Å². The molecule has 21 heavy (non-hydrogen) atoms. The number of hydrogen-bond acceptors (Lipinski definition) is 2. The third-order valence-corrected chi connectivity index (χ3v) is 3.85. The van der Waals surface area contributed by atoms with E-state index in [9.17, 15) is 30.9 Å². The van der Waals surface area contributed by atoms with Gasteiger partial charge in [-0.25, -0.2) is 4.57 Å². The number of alkyl halides is 6. The first-order chi connectivity index (χ1) is 9.02. The summed E-state index contributed by atoms with van der Waals surface area (Å²) < 4.78 is 92.7. The van der Waals surface area contributed by atoms with Gasteiger partial charge in [0.2, 0.25) is 0 Å². The van der Waals surface area contributed by atoms with E-state index in [-0.39, 0.29) is 0 Å². The quantitative estimate of drug-likeness (QED) is 0.595. The highest BCUT2D eigenvalue weighted by Gasteiger charge is 2.60. The standard InChI is InChI=1S/C10H11F6O4P/c1-4-5(2)8(3,20-21(17,18)19)7(10(14,15)16)6(4)9(11,12)13/h1-3H3,(H2,17,18,19). The van der Waals surface area contributed by atoms with E-state index in [1.807, 2.05) is 0 Å². The Balaban J connectivity index is 3.73. The summed E-state index contributed by atoms with van der Waals surface area (Å²) in [5, 5.41) is 0. The largest absolute Gasteiger partial charge is 0.470 e. The van der Waals surface area contributed by atoms with E-state index in [4.69, 9.17) is 9.79 Å². The van der Waals surface area contributed by atoms with Gasteiger partial charge in [-0.1, -0.05) is 0 Å². The Morgan fingerprint density at radius 2 is 1.48 bits per heavy atom. The topological polar surface area (TPSA) is 66.8 Å². The highest BCUT2D eigenvalue weighted by atomic mass is 31.2. The smallest absolute Gasteiger partial charge is 0.303 e. The van der Waals surface area contributed by atoms with Crippen LogP contribution in [-0.4, -0.2) is 27.7 Å². The number of rotatable bonds is 2. The van der Waals surface area contributed by atoms with Crippen molar-refractivity contribution in [3.8, 4) is 0 Å². The molecule has 122 valence electrons. The first-order valence-electron chi connectivity index (χ1n) is 5.35. The van der Waals surface area contributed by atoms with E-state index in [0.717, 1.165) is 13.8 Å². The summed E-state index contributed by atoms with van der Waals surface area (Å²) in [7, 11) is -5.47. The fourth-order valence-corrected chi connectivity index (χ4v) is 2.98. The lowest BCUT2D eigenvalue weighted by Gasteiger charge is -2.31. The molecule has 1 aliphatic rings. The van der Waals surface area contributed by atoms with Crippen LogP contribution in [0.25, 0.3) is 0 Å². The molecule has 0 aromatic rings. The van der Waals surface area contributed by atoms with Gasteiger partial charge < -0.3 is 9.79 Å². The van der Waals surface area contributed by atoms with Crippen LogP contribution < -0.4 is 0 Å². The van der Waals surface area contributed by atoms with Crippen molar-refractivity contribution in [1.29, 1.82) is 0 Å². The second-order valence-corrected chi connectivity index (χ2v) is 5.77. The molecule has 0 radical (unpaired) electrons. The van der Waals surface area contributed by atoms with E-state index in [0.29, 0.717) is 6.92 Å². The van der Waals surface area contributed by atoms with E-state index in [1.165, 1.54) is 0 Å². The average Bonchev–Trinajstić information content (AvgIpc) is 2.35. The second-order valence-electron chi connectivity index (χ2n) is 4.61. The van der Waals surface area contributed by atoms with E-state index < -0.39 is 48.1 Å². The van der Waals surface area contributed by atoms with Crippen molar-refractivity contribution in [3.63, 3.8) is 0 Å². The van der Waals surface area contributed by atoms with Crippen LogP contribution in [0.15, 0.2) is 22.3 Å². The molecular weight excluding hydrogens is 329 g/mol. The Morgan fingerprint density at radius 3 is 1.76 bits per heavy atom. The van der Waals surface area contributed by atoms with Gasteiger partial charge in [0.1, 0.15) is 5.60 Å². The zero-order valence-electron chi connectivity index (χ0n) is 10.9. The van der Waals surface area contributed by atoms with Gasteiger partial charge in [0, 0.05) is 0 Å². The molecule has 1 unspecified atom stereocenters. The molecule has 0 aromatic heterocycles. The Kier molecular flexibility index (Phi) is 4.20. The molecule has 0 saturated heterocycles. The third kappa shape index (κ3) is 3.33. The van der Waals surface area contributed by atoms with Gasteiger partial charge in [-0.2, -0.15) is 26.3 Å². The van der Waals surface area contributed by atoms with E-state index >= 15 is 0 Å². The Bertz CT molecular complexity index is 567. The number of phosphoric ester groups is 1. The first kappa shape index (κ1) is 18.2. The average molecular weight is 340 g/mol. The van der Waals surface area contributed by atoms with Crippen molar-refractivity contribution < 1.29 is 45.2 Å². The molecule has 0 aromatic carbocycles. The van der Waals surface area contributed by atoms with E-state index in [2.05, 4.69) is 4.52 Å². The predicted octanol–water partition coefficient (Wildman–Crippen LogP) is 3.63. The van der Waals surface area contributed by atoms with Gasteiger partial charge in [-0.05, 0) is 31.9 Å². The summed E-state index contributed by atoms with van der Waals surface area (Å²) in [4.78, 5) is 17.4. The fraction of sp³-hybridized carbons (Fsp3) is 0.600. The maximum atomic E-state index is 13.0. The minimum atomic E-state index is -5.48. The molecule has 11 heteroatoms. The second kappa shape index (κ2) is 4.84. The molecular formula is C10H11F6O4P. The maximum Gasteiger partial charge on any atom is 0.470 e. The lowest BCUT2D eigenvalue weighted by atomic mass is 9.92. The Morgan fingerprint density at radius 1 is 1.05 bits per heavy atom. The SMILES string of the molecule is CC1=C(C)C(C)(OP(=O)(O)O)C(C(F)(F)F)=C1C(F)(F)F. The molecule has 0 aliphatic heterocycles. The molecule has 0 fully saturated rings. The molecule has 1 atom stereocenters. The Hall–Kier alpha value is -0.830. The van der Waals surface area contributed by atoms with Crippen molar-refractivity contribution in [1.82, 2.24) is 0 Å². The number of allylic oxidation sites excluding steroid dienone is 2. The molecule has 0 saturated carbocycles. The van der Waals surface area contributed by atoms with Crippen LogP contribution >= 0.6 is 7.82 Å². The molecule has 0 bridgehead atoms. The van der Waals surface area contributed by atoms with Crippen molar-refractivity contribution in [2.75, 3.05) is 0 Å². The van der Waals surface area contributed by atoms with Crippen molar-refractivity contribution in [2.45, 2.75) is 38.7 Å². The first-order valence-corrected chi connectivity index (χ1v) is 6.88. The van der Waals surface area contributed by atoms with Gasteiger partial charge >= 0.3 is 20.2 Å². The molecule has 0 amide bonds. The fourth-order valence-electron chi connectivity index (χ4n) is 2.28. The normalized spacial score (nSPS) is 25.1. The van der Waals surface area contributed by atoms with Gasteiger partial charge in [0.15, 0.2) is 0 Å². The van der Waals surface area contributed by atoms with Crippen molar-refractivity contribution in [3.05, 3.63) is 22.3 Å². The summed E-state index contributed by atoms with van der Waals surface area (Å²) in [5.41, 5.74) is -8.40. The molecule has 1 aliphatic carbocycles. The van der Waals surface area contributed by atoms with Crippen LogP contribution in [0.2, 0.25) is 0 Å². The van der Waals surface area contributed by atoms with Crippen LogP contribution in [0.5, 0.6) is 0 Å². The summed E-state index contributed by atoms with van der Waals surface area (Å²) >= 11 is 0.